The van der Waals surface area contributed by atoms with Crippen LogP contribution in [0.15, 0.2) is 36.7 Å². The van der Waals surface area contributed by atoms with Crippen LogP contribution in [0, 0.1) is 0 Å². The van der Waals surface area contributed by atoms with Gasteiger partial charge in [-0.25, -0.2) is 15.0 Å². The predicted octanol–water partition coefficient (Wildman–Crippen LogP) is 1.52. The topological polar surface area (TPSA) is 78.3 Å². The molecule has 0 fully saturated rings. The maximum Gasteiger partial charge on any atom is 0.157 e. The van der Waals surface area contributed by atoms with Gasteiger partial charge in [-0.05, 0) is 12.1 Å². The molecule has 0 spiro atoms. The quantitative estimate of drug-likeness (QED) is 0.767. The van der Waals surface area contributed by atoms with Crippen LogP contribution in [0.4, 0.5) is 5.82 Å². The molecule has 0 aliphatic carbocycles. The molecule has 0 aliphatic rings. The minimum Gasteiger partial charge on any atom is -0.384 e. The lowest BCUT2D eigenvalue weighted by molar-refractivity contribution is 0.178. The largest absolute Gasteiger partial charge is 0.384 e. The number of aromatic nitrogens is 4. The summed E-state index contributed by atoms with van der Waals surface area (Å²) >= 11 is 0. The molecule has 0 aromatic carbocycles. The number of anilines is 1. The number of pyridine rings is 1. The molecule has 0 saturated heterocycles. The highest BCUT2D eigenvalue weighted by Gasteiger charge is 2.08. The summed E-state index contributed by atoms with van der Waals surface area (Å²) in [6.45, 7) is 0.331. The van der Waals surface area contributed by atoms with Crippen molar-refractivity contribution in [2.24, 2.45) is 0 Å². The van der Waals surface area contributed by atoms with Crippen molar-refractivity contribution in [3.05, 3.63) is 42.5 Å². The second-order valence-corrected chi connectivity index (χ2v) is 4.09. The summed E-state index contributed by atoms with van der Waals surface area (Å²) in [5.74, 6) is 0.990. The number of nitrogens with zero attached hydrogens (tertiary/aromatic N) is 4. The maximum absolute atomic E-state index is 5.81. The van der Waals surface area contributed by atoms with Gasteiger partial charge in [0.1, 0.15) is 18.1 Å². The van der Waals surface area contributed by atoms with Gasteiger partial charge in [0.05, 0.1) is 11.4 Å². The van der Waals surface area contributed by atoms with Crippen LogP contribution >= 0.6 is 0 Å². The van der Waals surface area contributed by atoms with Gasteiger partial charge in [-0.15, -0.1) is 0 Å². The Morgan fingerprint density at radius 2 is 2.21 bits per heavy atom. The van der Waals surface area contributed by atoms with E-state index in [0.717, 1.165) is 17.0 Å². The number of methoxy groups -OCH3 is 1. The van der Waals surface area contributed by atoms with E-state index in [1.54, 1.807) is 19.4 Å². The molecule has 6 heteroatoms. The van der Waals surface area contributed by atoms with Crippen LogP contribution in [0.1, 0.15) is 5.82 Å². The number of ether oxygens (including phenoxy) is 1. The zero-order chi connectivity index (χ0) is 13.2. The SMILES string of the molecule is COCc1nc(N)cc(-c2cccc3nccn23)n1. The van der Waals surface area contributed by atoms with Crippen LogP contribution in [0.25, 0.3) is 17.0 Å². The van der Waals surface area contributed by atoms with Gasteiger partial charge >= 0.3 is 0 Å². The smallest absolute Gasteiger partial charge is 0.157 e. The first-order valence-corrected chi connectivity index (χ1v) is 5.83. The highest BCUT2D eigenvalue weighted by molar-refractivity contribution is 5.62. The Morgan fingerprint density at radius 1 is 1.32 bits per heavy atom. The zero-order valence-electron chi connectivity index (χ0n) is 10.4. The van der Waals surface area contributed by atoms with Crippen LogP contribution < -0.4 is 5.73 Å². The average molecular weight is 255 g/mol. The van der Waals surface area contributed by atoms with E-state index in [9.17, 15) is 0 Å². The lowest BCUT2D eigenvalue weighted by atomic mass is 10.2. The molecule has 6 nitrogen and oxygen atoms in total. The van der Waals surface area contributed by atoms with Crippen molar-refractivity contribution in [2.75, 3.05) is 12.8 Å². The Balaban J connectivity index is 2.18. The minimum atomic E-state index is 0.331. The minimum absolute atomic E-state index is 0.331. The summed E-state index contributed by atoms with van der Waals surface area (Å²) in [7, 11) is 1.60. The number of hydrogen-bond donors (Lipinski definition) is 1. The molecule has 0 aliphatic heterocycles. The molecular formula is C13H13N5O. The first-order chi connectivity index (χ1) is 9.28. The van der Waals surface area contributed by atoms with Crippen LogP contribution in [0.3, 0.4) is 0 Å². The van der Waals surface area contributed by atoms with E-state index < -0.39 is 0 Å². The van der Waals surface area contributed by atoms with E-state index >= 15 is 0 Å². The molecule has 0 saturated carbocycles. The van der Waals surface area contributed by atoms with Gasteiger partial charge in [0.25, 0.3) is 0 Å². The van der Waals surface area contributed by atoms with Crippen LogP contribution in [0.2, 0.25) is 0 Å². The average Bonchev–Trinajstić information content (AvgIpc) is 2.86. The van der Waals surface area contributed by atoms with Crippen molar-refractivity contribution in [1.29, 1.82) is 0 Å². The Hall–Kier alpha value is -2.47. The second-order valence-electron chi connectivity index (χ2n) is 4.09. The van der Waals surface area contributed by atoms with Crippen molar-refractivity contribution in [2.45, 2.75) is 6.61 Å². The molecule has 3 heterocycles. The van der Waals surface area contributed by atoms with E-state index in [1.165, 1.54) is 0 Å². The van der Waals surface area contributed by atoms with E-state index in [1.807, 2.05) is 28.8 Å². The Morgan fingerprint density at radius 3 is 3.05 bits per heavy atom. The summed E-state index contributed by atoms with van der Waals surface area (Å²) in [6, 6.07) is 7.58. The third-order valence-corrected chi connectivity index (χ3v) is 2.76. The number of nitrogen functional groups attached to an aromatic ring is 1. The van der Waals surface area contributed by atoms with Gasteiger partial charge in [0, 0.05) is 25.6 Å². The monoisotopic (exact) mass is 255 g/mol. The third kappa shape index (κ3) is 2.13. The van der Waals surface area contributed by atoms with Crippen molar-refractivity contribution < 1.29 is 4.74 Å². The molecule has 3 aromatic heterocycles. The molecule has 96 valence electrons. The van der Waals surface area contributed by atoms with Crippen LogP contribution in [-0.2, 0) is 11.3 Å². The van der Waals surface area contributed by atoms with Crippen LogP contribution in [-0.4, -0.2) is 26.5 Å². The first kappa shape index (κ1) is 11.6. The van der Waals surface area contributed by atoms with Gasteiger partial charge in [-0.3, -0.25) is 4.40 Å². The van der Waals surface area contributed by atoms with E-state index in [0.29, 0.717) is 18.2 Å². The fraction of sp³-hybridized carbons (Fsp3) is 0.154. The number of fused-ring (bicyclic) bond motifs is 1. The molecule has 19 heavy (non-hydrogen) atoms. The summed E-state index contributed by atoms with van der Waals surface area (Å²) in [4.78, 5) is 12.8. The molecule has 0 radical (unpaired) electrons. The van der Waals surface area contributed by atoms with Crippen molar-refractivity contribution in [3.8, 4) is 11.4 Å². The normalized spacial score (nSPS) is 11.0. The summed E-state index contributed by atoms with van der Waals surface area (Å²) < 4.78 is 7.00. The van der Waals surface area contributed by atoms with Crippen molar-refractivity contribution in [1.82, 2.24) is 19.4 Å². The van der Waals surface area contributed by atoms with Gasteiger partial charge in [-0.1, -0.05) is 6.07 Å². The van der Waals surface area contributed by atoms with Gasteiger partial charge in [-0.2, -0.15) is 0 Å². The maximum atomic E-state index is 5.81. The lowest BCUT2D eigenvalue weighted by Gasteiger charge is -2.07. The lowest BCUT2D eigenvalue weighted by Crippen LogP contribution is -2.03. The molecule has 3 rings (SSSR count). The van der Waals surface area contributed by atoms with E-state index in [2.05, 4.69) is 15.0 Å². The Kier molecular flexibility index (Phi) is 2.85. The number of hydrogen-bond acceptors (Lipinski definition) is 5. The molecule has 3 aromatic rings. The van der Waals surface area contributed by atoms with Crippen LogP contribution in [0.5, 0.6) is 0 Å². The van der Waals surface area contributed by atoms with E-state index in [-0.39, 0.29) is 0 Å². The second kappa shape index (κ2) is 4.66. The fourth-order valence-corrected chi connectivity index (χ4v) is 2.00. The van der Waals surface area contributed by atoms with Crippen molar-refractivity contribution >= 4 is 11.5 Å². The first-order valence-electron chi connectivity index (χ1n) is 5.83. The standard InChI is InChI=1S/C13H13N5O/c1-19-8-12-16-9(7-11(14)17-12)10-3-2-4-13-15-5-6-18(10)13/h2-7H,8H2,1H3,(H2,14,16,17). The number of nitrogens with two attached hydrogens (primary N) is 1. The molecule has 0 amide bonds. The molecule has 2 N–H and O–H groups in total. The number of imidazole rings is 1. The zero-order valence-corrected chi connectivity index (χ0v) is 10.4. The Labute approximate surface area is 109 Å². The fourth-order valence-electron chi connectivity index (χ4n) is 2.00. The van der Waals surface area contributed by atoms with Crippen molar-refractivity contribution in [3.63, 3.8) is 0 Å². The molecular weight excluding hydrogens is 242 g/mol. The van der Waals surface area contributed by atoms with Gasteiger partial charge in [0.15, 0.2) is 5.82 Å². The highest BCUT2D eigenvalue weighted by atomic mass is 16.5. The highest BCUT2D eigenvalue weighted by Crippen LogP contribution is 2.20. The summed E-state index contributed by atoms with van der Waals surface area (Å²) in [6.07, 6.45) is 3.64. The Bertz CT molecular complexity index is 722. The third-order valence-electron chi connectivity index (χ3n) is 2.76. The molecule has 0 bridgehead atoms. The van der Waals surface area contributed by atoms with Gasteiger partial charge < -0.3 is 10.5 Å². The van der Waals surface area contributed by atoms with Gasteiger partial charge in [0.2, 0.25) is 0 Å². The molecule has 0 unspecified atom stereocenters. The predicted molar refractivity (Wildman–Crippen MR) is 71.3 cm³/mol. The summed E-state index contributed by atoms with van der Waals surface area (Å²) in [5.41, 5.74) is 8.35. The molecule has 0 atom stereocenters. The number of rotatable bonds is 3. The summed E-state index contributed by atoms with van der Waals surface area (Å²) in [5, 5.41) is 0. The van der Waals surface area contributed by atoms with E-state index in [4.69, 9.17) is 10.5 Å².